The molecule has 1 N–H and O–H groups in total. The second-order valence-electron chi connectivity index (χ2n) is 3.94. The molecule has 0 aliphatic heterocycles. The van der Waals surface area contributed by atoms with E-state index in [-0.39, 0.29) is 11.1 Å². The lowest BCUT2D eigenvalue weighted by Crippen LogP contribution is -2.18. The molecule has 1 rings (SSSR count). The predicted octanol–water partition coefficient (Wildman–Crippen LogP) is 3.54. The maximum Gasteiger partial charge on any atom is 0.190 e. The van der Waals surface area contributed by atoms with Crippen molar-refractivity contribution in [1.82, 2.24) is 0 Å². The highest BCUT2D eigenvalue weighted by Crippen LogP contribution is 2.32. The molecule has 1 aromatic carbocycles. The van der Waals surface area contributed by atoms with Crippen molar-refractivity contribution in [2.24, 2.45) is 0 Å². The van der Waals surface area contributed by atoms with Gasteiger partial charge in [-0.1, -0.05) is 13.8 Å². The molecule has 0 atom stereocenters. The van der Waals surface area contributed by atoms with Crippen molar-refractivity contribution in [2.45, 2.75) is 40.2 Å². The third-order valence-corrected chi connectivity index (χ3v) is 2.28. The zero-order chi connectivity index (χ0) is 13.8. The number of halogens is 2. The fourth-order valence-corrected chi connectivity index (χ4v) is 1.52. The third kappa shape index (κ3) is 3.40. The van der Waals surface area contributed by atoms with Crippen molar-refractivity contribution in [3.8, 4) is 5.75 Å². The number of hydrogen-bond acceptors (Lipinski definition) is 2. The van der Waals surface area contributed by atoms with Gasteiger partial charge in [0.25, 0.3) is 0 Å². The van der Waals surface area contributed by atoms with Crippen molar-refractivity contribution in [1.29, 1.82) is 0 Å². The first-order chi connectivity index (χ1) is 7.79. The Morgan fingerprint density at radius 3 is 2.06 bits per heavy atom. The van der Waals surface area contributed by atoms with E-state index in [9.17, 15) is 13.9 Å². The summed E-state index contributed by atoms with van der Waals surface area (Å²) in [4.78, 5) is 0. The summed E-state index contributed by atoms with van der Waals surface area (Å²) in [6.45, 7) is 8.42. The zero-order valence-corrected chi connectivity index (χ0v) is 11.2. The van der Waals surface area contributed by atoms with Gasteiger partial charge in [0, 0.05) is 0 Å². The molecular formula is C13H20F2O2. The van der Waals surface area contributed by atoms with Crippen molar-refractivity contribution >= 4 is 0 Å². The van der Waals surface area contributed by atoms with E-state index in [0.29, 0.717) is 0 Å². The Labute approximate surface area is 101 Å². The Balaban J connectivity index is 0.00000121. The quantitative estimate of drug-likeness (QED) is 0.865. The van der Waals surface area contributed by atoms with Gasteiger partial charge in [-0.2, -0.15) is 0 Å². The molecule has 1 aromatic rings. The Bertz CT molecular complexity index is 382. The van der Waals surface area contributed by atoms with Gasteiger partial charge in [0.2, 0.25) is 0 Å². The van der Waals surface area contributed by atoms with Gasteiger partial charge >= 0.3 is 0 Å². The van der Waals surface area contributed by atoms with E-state index in [2.05, 4.69) is 4.74 Å². The standard InChI is InChI=1S/C11H14F2O2.C2H6/c1-6-7(11(2,3)14)5-8(12)10(15-4)9(6)13;1-2/h5,14H,1-4H3;1-2H3. The fraction of sp³-hybridized carbons (Fsp3) is 0.538. The maximum absolute atomic E-state index is 13.6. The van der Waals surface area contributed by atoms with Gasteiger partial charge in [-0.25, -0.2) is 8.78 Å². The SMILES string of the molecule is CC.COc1c(F)cc(C(C)(C)O)c(C)c1F. The molecule has 0 fully saturated rings. The molecule has 0 unspecified atom stereocenters. The van der Waals surface area contributed by atoms with Crippen LogP contribution >= 0.6 is 0 Å². The molecule has 0 spiro atoms. The van der Waals surface area contributed by atoms with Crippen LogP contribution in [0.3, 0.4) is 0 Å². The largest absolute Gasteiger partial charge is 0.491 e. The number of aliphatic hydroxyl groups is 1. The highest BCUT2D eigenvalue weighted by Gasteiger charge is 2.25. The summed E-state index contributed by atoms with van der Waals surface area (Å²) in [6, 6.07) is 1.09. The molecule has 0 amide bonds. The van der Waals surface area contributed by atoms with E-state index in [0.717, 1.165) is 6.07 Å². The number of ether oxygens (including phenoxy) is 1. The van der Waals surface area contributed by atoms with E-state index >= 15 is 0 Å². The molecule has 98 valence electrons. The van der Waals surface area contributed by atoms with Crippen LogP contribution in [0.4, 0.5) is 8.78 Å². The van der Waals surface area contributed by atoms with Crippen molar-refractivity contribution in [3.05, 3.63) is 28.8 Å². The van der Waals surface area contributed by atoms with E-state index in [1.807, 2.05) is 13.8 Å². The molecule has 0 bridgehead atoms. The number of methoxy groups -OCH3 is 1. The topological polar surface area (TPSA) is 29.5 Å². The second kappa shape index (κ2) is 5.96. The fourth-order valence-electron chi connectivity index (χ4n) is 1.52. The lowest BCUT2D eigenvalue weighted by Gasteiger charge is -2.21. The molecule has 0 saturated carbocycles. The molecule has 0 heterocycles. The van der Waals surface area contributed by atoms with Gasteiger partial charge in [0.05, 0.1) is 12.7 Å². The first kappa shape index (κ1) is 15.8. The van der Waals surface area contributed by atoms with Crippen molar-refractivity contribution in [2.75, 3.05) is 7.11 Å². The summed E-state index contributed by atoms with van der Waals surface area (Å²) >= 11 is 0. The normalized spacial score (nSPS) is 10.6. The summed E-state index contributed by atoms with van der Waals surface area (Å²) in [5.41, 5.74) is -0.864. The van der Waals surface area contributed by atoms with Gasteiger partial charge in [-0.3, -0.25) is 0 Å². The maximum atomic E-state index is 13.6. The van der Waals surface area contributed by atoms with Crippen molar-refractivity contribution < 1.29 is 18.6 Å². The minimum absolute atomic E-state index is 0.195. The van der Waals surface area contributed by atoms with Gasteiger partial charge in [0.15, 0.2) is 17.4 Å². The first-order valence-electron chi connectivity index (χ1n) is 5.54. The smallest absolute Gasteiger partial charge is 0.190 e. The Morgan fingerprint density at radius 2 is 1.71 bits per heavy atom. The van der Waals surface area contributed by atoms with E-state index < -0.39 is 23.0 Å². The molecule has 0 aliphatic carbocycles. The Kier molecular flexibility index (Phi) is 5.55. The highest BCUT2D eigenvalue weighted by atomic mass is 19.1. The molecule has 0 aromatic heterocycles. The first-order valence-corrected chi connectivity index (χ1v) is 5.54. The highest BCUT2D eigenvalue weighted by molar-refractivity contribution is 5.40. The van der Waals surface area contributed by atoms with Gasteiger partial charge in [0.1, 0.15) is 0 Å². The molecular weight excluding hydrogens is 226 g/mol. The summed E-state index contributed by atoms with van der Waals surface area (Å²) in [7, 11) is 1.20. The zero-order valence-electron chi connectivity index (χ0n) is 11.2. The third-order valence-electron chi connectivity index (χ3n) is 2.28. The van der Waals surface area contributed by atoms with Crippen LogP contribution in [0.2, 0.25) is 0 Å². The average Bonchev–Trinajstić information content (AvgIpc) is 2.25. The van der Waals surface area contributed by atoms with Crippen LogP contribution < -0.4 is 4.74 Å². The van der Waals surface area contributed by atoms with Crippen LogP contribution in [0.1, 0.15) is 38.8 Å². The molecule has 0 radical (unpaired) electrons. The second-order valence-corrected chi connectivity index (χ2v) is 3.94. The number of benzene rings is 1. The molecule has 17 heavy (non-hydrogen) atoms. The minimum atomic E-state index is -1.28. The minimum Gasteiger partial charge on any atom is -0.491 e. The van der Waals surface area contributed by atoms with Crippen LogP contribution in [0.5, 0.6) is 5.75 Å². The van der Waals surface area contributed by atoms with E-state index in [1.165, 1.54) is 27.9 Å². The van der Waals surface area contributed by atoms with Gasteiger partial charge in [-0.15, -0.1) is 0 Å². The molecule has 0 aliphatic rings. The average molecular weight is 246 g/mol. The number of hydrogen-bond donors (Lipinski definition) is 1. The van der Waals surface area contributed by atoms with Crippen molar-refractivity contribution in [3.63, 3.8) is 0 Å². The van der Waals surface area contributed by atoms with Crippen LogP contribution in [0, 0.1) is 18.6 Å². The summed E-state index contributed by atoms with van der Waals surface area (Å²) in [5, 5.41) is 9.71. The van der Waals surface area contributed by atoms with Crippen LogP contribution in [-0.2, 0) is 5.60 Å². The van der Waals surface area contributed by atoms with Gasteiger partial charge in [-0.05, 0) is 38.0 Å². The van der Waals surface area contributed by atoms with Crippen LogP contribution in [-0.4, -0.2) is 12.2 Å². The van der Waals surface area contributed by atoms with E-state index in [4.69, 9.17) is 0 Å². The van der Waals surface area contributed by atoms with Gasteiger partial charge < -0.3 is 9.84 Å². The predicted molar refractivity (Wildman–Crippen MR) is 64.2 cm³/mol. The van der Waals surface area contributed by atoms with Crippen LogP contribution in [0.25, 0.3) is 0 Å². The van der Waals surface area contributed by atoms with Crippen LogP contribution in [0.15, 0.2) is 6.07 Å². The lowest BCUT2D eigenvalue weighted by molar-refractivity contribution is 0.0769. The monoisotopic (exact) mass is 246 g/mol. The molecule has 0 saturated heterocycles. The molecule has 2 nitrogen and oxygen atoms in total. The Morgan fingerprint density at radius 1 is 1.24 bits per heavy atom. The van der Waals surface area contributed by atoms with E-state index in [1.54, 1.807) is 0 Å². The number of rotatable bonds is 2. The summed E-state index contributed by atoms with van der Waals surface area (Å²) in [5.74, 6) is -1.99. The summed E-state index contributed by atoms with van der Waals surface area (Å²) in [6.07, 6.45) is 0. The lowest BCUT2D eigenvalue weighted by atomic mass is 9.93. The summed E-state index contributed by atoms with van der Waals surface area (Å²) < 4.78 is 31.5. The Hall–Kier alpha value is -1.16. The molecule has 4 heteroatoms.